The van der Waals surface area contributed by atoms with Gasteiger partial charge in [-0.25, -0.2) is 0 Å². The summed E-state index contributed by atoms with van der Waals surface area (Å²) in [6, 6.07) is 11.7. The van der Waals surface area contributed by atoms with Crippen molar-refractivity contribution in [3.63, 3.8) is 0 Å². The summed E-state index contributed by atoms with van der Waals surface area (Å²) in [4.78, 5) is 1.78. The van der Waals surface area contributed by atoms with E-state index < -0.39 is 23.5 Å². The maximum absolute atomic E-state index is 13.1. The van der Waals surface area contributed by atoms with E-state index in [-0.39, 0.29) is 54.8 Å². The van der Waals surface area contributed by atoms with E-state index in [1.807, 2.05) is 30.3 Å². The molecule has 0 saturated carbocycles. The number of hydrogen-bond acceptors (Lipinski definition) is 2. The lowest BCUT2D eigenvalue weighted by atomic mass is 9.88. The molecule has 1 aliphatic heterocycles. The first-order valence-electron chi connectivity index (χ1n) is 9.26. The number of benzene rings is 2. The lowest BCUT2D eigenvalue weighted by molar-refractivity contribution is -0.143. The van der Waals surface area contributed by atoms with Crippen molar-refractivity contribution in [2.24, 2.45) is 5.92 Å². The van der Waals surface area contributed by atoms with Crippen molar-refractivity contribution in [2.75, 3.05) is 26.7 Å². The molecule has 2 aromatic carbocycles. The molecule has 0 amide bonds. The van der Waals surface area contributed by atoms with Crippen LogP contribution in [0.25, 0.3) is 0 Å². The van der Waals surface area contributed by atoms with E-state index in [0.29, 0.717) is 6.54 Å². The Morgan fingerprint density at radius 2 is 1.42 bits per heavy atom. The van der Waals surface area contributed by atoms with Crippen LogP contribution in [0.5, 0.6) is 0 Å². The van der Waals surface area contributed by atoms with Gasteiger partial charge in [0.25, 0.3) is 0 Å². The SMILES string of the molecule is CN(Cc1cc(C(F)(F)F)cc(C(F)(F)F)c1)C[C@H]1CNC[C@H]1c1ccccc1.Cl.Cl. The Labute approximate surface area is 189 Å². The molecule has 174 valence electrons. The molecule has 10 heteroatoms. The Hall–Kier alpha value is -1.48. The van der Waals surface area contributed by atoms with Crippen molar-refractivity contribution in [3.05, 3.63) is 70.8 Å². The summed E-state index contributed by atoms with van der Waals surface area (Å²) in [5, 5.41) is 3.32. The molecule has 0 aromatic heterocycles. The topological polar surface area (TPSA) is 15.3 Å². The Morgan fingerprint density at radius 1 is 0.871 bits per heavy atom. The third kappa shape index (κ3) is 7.27. The number of hydrogen-bond donors (Lipinski definition) is 1. The highest BCUT2D eigenvalue weighted by molar-refractivity contribution is 5.85. The first-order chi connectivity index (χ1) is 13.5. The third-order valence-corrected chi connectivity index (χ3v) is 5.21. The van der Waals surface area contributed by atoms with Crippen LogP contribution in [0, 0.1) is 5.92 Å². The molecule has 2 nitrogen and oxygen atoms in total. The molecule has 1 heterocycles. The second-order valence-electron chi connectivity index (χ2n) is 7.55. The van der Waals surface area contributed by atoms with Crippen molar-refractivity contribution in [1.29, 1.82) is 0 Å². The lowest BCUT2D eigenvalue weighted by Gasteiger charge is -2.26. The van der Waals surface area contributed by atoms with Gasteiger partial charge in [0, 0.05) is 25.6 Å². The van der Waals surface area contributed by atoms with Crippen LogP contribution in [0.15, 0.2) is 48.5 Å². The highest BCUT2D eigenvalue weighted by atomic mass is 35.5. The molecule has 1 saturated heterocycles. The van der Waals surface area contributed by atoms with Crippen LogP contribution in [0.4, 0.5) is 26.3 Å². The standard InChI is InChI=1S/C21H22F6N2.2ClH/c1-29(13-16-10-28-11-19(16)15-5-3-2-4-6-15)12-14-7-17(20(22,23)24)9-18(8-14)21(25,26)27;;/h2-9,16,19,28H,10-13H2,1H3;2*1H/t16-,19+;;/m1../s1. The van der Waals surface area contributed by atoms with Crippen LogP contribution in [0.1, 0.15) is 28.2 Å². The van der Waals surface area contributed by atoms with Crippen LogP contribution < -0.4 is 5.32 Å². The van der Waals surface area contributed by atoms with E-state index in [1.54, 1.807) is 11.9 Å². The monoisotopic (exact) mass is 488 g/mol. The maximum atomic E-state index is 13.1. The molecule has 3 rings (SSSR count). The van der Waals surface area contributed by atoms with Gasteiger partial charge in [-0.2, -0.15) is 26.3 Å². The second-order valence-corrected chi connectivity index (χ2v) is 7.55. The molecule has 1 N–H and O–H groups in total. The van der Waals surface area contributed by atoms with E-state index in [0.717, 1.165) is 25.2 Å². The quantitative estimate of drug-likeness (QED) is 0.519. The molecule has 0 spiro atoms. The van der Waals surface area contributed by atoms with Gasteiger partial charge in [-0.1, -0.05) is 30.3 Å². The minimum absolute atomic E-state index is 0. The summed E-state index contributed by atoms with van der Waals surface area (Å²) < 4.78 is 78.3. The maximum Gasteiger partial charge on any atom is 0.416 e. The van der Waals surface area contributed by atoms with Gasteiger partial charge in [-0.15, -0.1) is 24.8 Å². The van der Waals surface area contributed by atoms with Gasteiger partial charge in [0.1, 0.15) is 0 Å². The van der Waals surface area contributed by atoms with Gasteiger partial charge in [0.05, 0.1) is 11.1 Å². The van der Waals surface area contributed by atoms with Crippen LogP contribution >= 0.6 is 24.8 Å². The first kappa shape index (κ1) is 27.6. The van der Waals surface area contributed by atoms with E-state index >= 15 is 0 Å². The number of alkyl halides is 6. The van der Waals surface area contributed by atoms with Gasteiger partial charge >= 0.3 is 12.4 Å². The average Bonchev–Trinajstić information content (AvgIpc) is 3.08. The Kier molecular flexibility index (Phi) is 9.69. The van der Waals surface area contributed by atoms with Crippen LogP contribution in [0.3, 0.4) is 0 Å². The predicted octanol–water partition coefficient (Wildman–Crippen LogP) is 6.00. The van der Waals surface area contributed by atoms with Crippen molar-refractivity contribution >= 4 is 24.8 Å². The third-order valence-electron chi connectivity index (χ3n) is 5.21. The molecule has 0 unspecified atom stereocenters. The summed E-state index contributed by atoms with van der Waals surface area (Å²) in [6.45, 7) is 2.11. The largest absolute Gasteiger partial charge is 0.416 e. The van der Waals surface area contributed by atoms with Gasteiger partial charge in [0.2, 0.25) is 0 Å². The normalized spacial score (nSPS) is 19.1. The first-order valence-corrected chi connectivity index (χ1v) is 9.26. The molecule has 1 fully saturated rings. The molecule has 0 bridgehead atoms. The smallest absolute Gasteiger partial charge is 0.316 e. The van der Waals surface area contributed by atoms with Crippen LogP contribution in [0.2, 0.25) is 0 Å². The summed E-state index contributed by atoms with van der Waals surface area (Å²) in [6.07, 6.45) is -9.66. The Balaban J connectivity index is 0.00000240. The highest BCUT2D eigenvalue weighted by Crippen LogP contribution is 2.36. The lowest BCUT2D eigenvalue weighted by Crippen LogP contribution is -2.29. The van der Waals surface area contributed by atoms with E-state index in [9.17, 15) is 26.3 Å². The Morgan fingerprint density at radius 3 is 1.94 bits per heavy atom. The summed E-state index contributed by atoms with van der Waals surface area (Å²) in [7, 11) is 1.72. The fourth-order valence-corrected chi connectivity index (χ4v) is 3.90. The fraction of sp³-hybridized carbons (Fsp3) is 0.429. The van der Waals surface area contributed by atoms with Crippen molar-refractivity contribution < 1.29 is 26.3 Å². The van der Waals surface area contributed by atoms with E-state index in [2.05, 4.69) is 5.32 Å². The summed E-state index contributed by atoms with van der Waals surface area (Å²) >= 11 is 0. The number of rotatable bonds is 5. The average molecular weight is 489 g/mol. The predicted molar refractivity (Wildman–Crippen MR) is 113 cm³/mol. The zero-order valence-corrected chi connectivity index (χ0v) is 18.3. The minimum Gasteiger partial charge on any atom is -0.316 e. The van der Waals surface area contributed by atoms with Crippen molar-refractivity contribution in [2.45, 2.75) is 24.8 Å². The molecule has 2 aromatic rings. The minimum atomic E-state index is -4.83. The number of nitrogens with zero attached hydrogens (tertiary/aromatic N) is 1. The zero-order valence-electron chi connectivity index (χ0n) is 16.6. The molecular weight excluding hydrogens is 465 g/mol. The number of nitrogens with one attached hydrogen (secondary N) is 1. The Bertz CT molecular complexity index is 795. The van der Waals surface area contributed by atoms with Crippen LogP contribution in [-0.4, -0.2) is 31.6 Å². The fourth-order valence-electron chi connectivity index (χ4n) is 3.90. The van der Waals surface area contributed by atoms with Crippen LogP contribution in [-0.2, 0) is 18.9 Å². The van der Waals surface area contributed by atoms with Gasteiger partial charge in [-0.05, 0) is 48.8 Å². The molecule has 1 aliphatic rings. The van der Waals surface area contributed by atoms with Gasteiger partial charge < -0.3 is 10.2 Å². The molecule has 31 heavy (non-hydrogen) atoms. The highest BCUT2D eigenvalue weighted by Gasteiger charge is 2.37. The molecule has 2 atom stereocenters. The van der Waals surface area contributed by atoms with Gasteiger partial charge in [-0.3, -0.25) is 0 Å². The van der Waals surface area contributed by atoms with Crippen molar-refractivity contribution in [3.8, 4) is 0 Å². The summed E-state index contributed by atoms with van der Waals surface area (Å²) in [5.41, 5.74) is -1.38. The molecule has 0 radical (unpaired) electrons. The molecule has 0 aliphatic carbocycles. The second kappa shape index (κ2) is 10.9. The summed E-state index contributed by atoms with van der Waals surface area (Å²) in [5.74, 6) is 0.473. The zero-order chi connectivity index (χ0) is 21.2. The van der Waals surface area contributed by atoms with E-state index in [4.69, 9.17) is 0 Å². The van der Waals surface area contributed by atoms with Gasteiger partial charge in [0.15, 0.2) is 0 Å². The van der Waals surface area contributed by atoms with Crippen molar-refractivity contribution in [1.82, 2.24) is 10.2 Å². The number of halogens is 8. The van der Waals surface area contributed by atoms with E-state index in [1.165, 1.54) is 5.56 Å². The molecular formula is C21H24Cl2F6N2.